The molecule has 1 saturated carbocycles. The Morgan fingerprint density at radius 2 is 1.86 bits per heavy atom. The van der Waals surface area contributed by atoms with Gasteiger partial charge in [-0.1, -0.05) is 13.8 Å². The highest BCUT2D eigenvalue weighted by atomic mass is 19.4. The van der Waals surface area contributed by atoms with E-state index in [0.29, 0.717) is 12.8 Å². The average molecular weight is 316 g/mol. The number of hydrogen-bond donors (Lipinski definition) is 1. The summed E-state index contributed by atoms with van der Waals surface area (Å²) < 4.78 is 45.3. The quantitative estimate of drug-likeness (QED) is 0.872. The van der Waals surface area contributed by atoms with Gasteiger partial charge in [0.25, 0.3) is 0 Å². The molecule has 6 heteroatoms. The molecule has 1 N–H and O–H groups in total. The molecule has 22 heavy (non-hydrogen) atoms. The minimum absolute atomic E-state index is 0.0459. The van der Waals surface area contributed by atoms with Crippen molar-refractivity contribution in [2.45, 2.75) is 51.3 Å². The van der Waals surface area contributed by atoms with Gasteiger partial charge in [0, 0.05) is 0 Å². The Morgan fingerprint density at radius 1 is 1.27 bits per heavy atom. The third-order valence-corrected chi connectivity index (χ3v) is 4.35. The molecule has 2 rings (SSSR count). The molecule has 1 aliphatic rings. The van der Waals surface area contributed by atoms with E-state index in [1.54, 1.807) is 0 Å². The molecule has 0 radical (unpaired) electrons. The topological polar surface area (TPSA) is 46.5 Å². The molecule has 0 aromatic heterocycles. The normalized spacial score (nSPS) is 17.7. The van der Waals surface area contributed by atoms with Gasteiger partial charge >= 0.3 is 12.1 Å². The number of halogens is 3. The molecule has 0 unspecified atom stereocenters. The molecule has 0 atom stereocenters. The smallest absolute Gasteiger partial charge is 0.419 e. The Morgan fingerprint density at radius 3 is 2.32 bits per heavy atom. The van der Waals surface area contributed by atoms with Gasteiger partial charge in [-0.2, -0.15) is 13.2 Å². The van der Waals surface area contributed by atoms with Crippen LogP contribution in [0, 0.1) is 5.92 Å². The van der Waals surface area contributed by atoms with Crippen molar-refractivity contribution < 1.29 is 27.8 Å². The molecule has 3 nitrogen and oxygen atoms in total. The van der Waals surface area contributed by atoms with Crippen LogP contribution < -0.4 is 4.74 Å². The van der Waals surface area contributed by atoms with E-state index < -0.39 is 23.3 Å². The van der Waals surface area contributed by atoms with Crippen LogP contribution in [0.1, 0.15) is 55.5 Å². The number of benzene rings is 1. The number of carboxylic acid groups (broad SMARTS) is 1. The largest absolute Gasteiger partial charge is 0.486 e. The van der Waals surface area contributed by atoms with Crippen LogP contribution in [0.4, 0.5) is 13.2 Å². The summed E-state index contributed by atoms with van der Waals surface area (Å²) in [5.41, 5.74) is -1.79. The van der Waals surface area contributed by atoms with Gasteiger partial charge in [0.1, 0.15) is 11.4 Å². The zero-order valence-electron chi connectivity index (χ0n) is 12.5. The zero-order valence-corrected chi connectivity index (χ0v) is 12.5. The van der Waals surface area contributed by atoms with Crippen LogP contribution in [-0.2, 0) is 6.18 Å². The Labute approximate surface area is 127 Å². The van der Waals surface area contributed by atoms with Crippen LogP contribution in [-0.4, -0.2) is 16.7 Å². The fourth-order valence-electron chi connectivity index (χ4n) is 2.96. The Bertz CT molecular complexity index is 558. The maximum absolute atomic E-state index is 13.2. The lowest BCUT2D eigenvalue weighted by molar-refractivity contribution is -0.140. The van der Waals surface area contributed by atoms with Crippen LogP contribution in [0.2, 0.25) is 0 Å². The molecule has 1 aromatic rings. The first-order valence-corrected chi connectivity index (χ1v) is 7.29. The van der Waals surface area contributed by atoms with E-state index in [4.69, 9.17) is 9.84 Å². The fraction of sp³-hybridized carbons (Fsp3) is 0.562. The monoisotopic (exact) mass is 316 g/mol. The van der Waals surface area contributed by atoms with Crippen LogP contribution in [0.5, 0.6) is 5.75 Å². The summed E-state index contributed by atoms with van der Waals surface area (Å²) in [5.74, 6) is -1.61. The lowest BCUT2D eigenvalue weighted by atomic mass is 9.88. The maximum atomic E-state index is 13.2. The van der Waals surface area contributed by atoms with Gasteiger partial charge in [-0.3, -0.25) is 0 Å². The summed E-state index contributed by atoms with van der Waals surface area (Å²) in [6.45, 7) is 3.83. The van der Waals surface area contributed by atoms with E-state index in [1.165, 1.54) is 0 Å². The summed E-state index contributed by atoms with van der Waals surface area (Å²) in [7, 11) is 0. The highest BCUT2D eigenvalue weighted by Gasteiger charge is 2.42. The minimum atomic E-state index is -4.58. The molecular formula is C16H19F3O3. The number of carboxylic acids is 1. The van der Waals surface area contributed by atoms with E-state index in [-0.39, 0.29) is 17.2 Å². The summed E-state index contributed by atoms with van der Waals surface area (Å²) >= 11 is 0. The fourth-order valence-corrected chi connectivity index (χ4v) is 2.96. The van der Waals surface area contributed by atoms with Crippen molar-refractivity contribution in [1.29, 1.82) is 0 Å². The zero-order chi connectivity index (χ0) is 16.5. The lowest BCUT2D eigenvalue weighted by Gasteiger charge is -2.35. The van der Waals surface area contributed by atoms with Gasteiger partial charge in [0.05, 0.1) is 11.1 Å². The average Bonchev–Trinajstić information content (AvgIpc) is 2.87. The summed E-state index contributed by atoms with van der Waals surface area (Å²) in [5, 5.41) is 9.00. The molecule has 1 aliphatic carbocycles. The maximum Gasteiger partial charge on any atom is 0.419 e. The van der Waals surface area contributed by atoms with Gasteiger partial charge in [0.15, 0.2) is 0 Å². The highest BCUT2D eigenvalue weighted by Crippen LogP contribution is 2.44. The number of alkyl halides is 3. The summed E-state index contributed by atoms with van der Waals surface area (Å²) in [4.78, 5) is 11.0. The van der Waals surface area contributed by atoms with Crippen molar-refractivity contribution in [3.8, 4) is 5.75 Å². The SMILES string of the molecule is CC(C)C1(Oc2cc(C(=O)O)ccc2C(F)(F)F)CCCC1. The molecule has 0 aliphatic heterocycles. The number of hydrogen-bond acceptors (Lipinski definition) is 2. The lowest BCUT2D eigenvalue weighted by Crippen LogP contribution is -2.39. The first-order chi connectivity index (χ1) is 10.2. The van der Waals surface area contributed by atoms with Crippen molar-refractivity contribution >= 4 is 5.97 Å². The van der Waals surface area contributed by atoms with E-state index >= 15 is 0 Å². The van der Waals surface area contributed by atoms with Gasteiger partial charge in [0.2, 0.25) is 0 Å². The Balaban J connectivity index is 2.47. The van der Waals surface area contributed by atoms with Crippen molar-refractivity contribution in [3.63, 3.8) is 0 Å². The van der Waals surface area contributed by atoms with Crippen molar-refractivity contribution in [2.24, 2.45) is 5.92 Å². The third-order valence-electron chi connectivity index (χ3n) is 4.35. The molecule has 0 saturated heterocycles. The molecule has 0 bridgehead atoms. The van der Waals surface area contributed by atoms with Gasteiger partial charge < -0.3 is 9.84 Å². The molecule has 0 amide bonds. The molecule has 0 spiro atoms. The standard InChI is InChI=1S/C16H19F3O3/c1-10(2)15(7-3-4-8-15)22-13-9-11(14(20)21)5-6-12(13)16(17,18)19/h5-6,9-10H,3-4,7-8H2,1-2H3,(H,20,21). The molecule has 122 valence electrons. The van der Waals surface area contributed by atoms with Gasteiger partial charge in [-0.25, -0.2) is 4.79 Å². The number of aromatic carboxylic acids is 1. The Kier molecular flexibility index (Phi) is 4.40. The first kappa shape index (κ1) is 16.6. The molecule has 1 aromatic carbocycles. The highest BCUT2D eigenvalue weighted by molar-refractivity contribution is 5.88. The van der Waals surface area contributed by atoms with Crippen molar-refractivity contribution in [1.82, 2.24) is 0 Å². The van der Waals surface area contributed by atoms with E-state index in [1.807, 2.05) is 13.8 Å². The number of ether oxygens (including phenoxy) is 1. The number of rotatable bonds is 4. The van der Waals surface area contributed by atoms with Crippen molar-refractivity contribution in [2.75, 3.05) is 0 Å². The Hall–Kier alpha value is -1.72. The van der Waals surface area contributed by atoms with Gasteiger partial charge in [-0.05, 0) is 49.8 Å². The van der Waals surface area contributed by atoms with Crippen LogP contribution in [0.15, 0.2) is 18.2 Å². The predicted molar refractivity (Wildman–Crippen MR) is 75.1 cm³/mol. The van der Waals surface area contributed by atoms with E-state index in [9.17, 15) is 18.0 Å². The van der Waals surface area contributed by atoms with Crippen LogP contribution in [0.3, 0.4) is 0 Å². The predicted octanol–water partition coefficient (Wildman–Crippen LogP) is 4.75. The third kappa shape index (κ3) is 3.20. The van der Waals surface area contributed by atoms with Crippen LogP contribution in [0.25, 0.3) is 0 Å². The molecule has 1 fully saturated rings. The summed E-state index contributed by atoms with van der Waals surface area (Å²) in [6.07, 6.45) is -1.42. The second-order valence-electron chi connectivity index (χ2n) is 6.04. The van der Waals surface area contributed by atoms with E-state index in [2.05, 4.69) is 0 Å². The molecular weight excluding hydrogens is 297 g/mol. The second kappa shape index (κ2) is 5.82. The summed E-state index contributed by atoms with van der Waals surface area (Å²) in [6, 6.07) is 2.71. The second-order valence-corrected chi connectivity index (χ2v) is 6.04. The first-order valence-electron chi connectivity index (χ1n) is 7.29. The van der Waals surface area contributed by atoms with E-state index in [0.717, 1.165) is 31.0 Å². The molecule has 0 heterocycles. The minimum Gasteiger partial charge on any atom is -0.486 e. The van der Waals surface area contributed by atoms with Gasteiger partial charge in [-0.15, -0.1) is 0 Å². The van der Waals surface area contributed by atoms with Crippen LogP contribution >= 0.6 is 0 Å². The van der Waals surface area contributed by atoms with Crippen molar-refractivity contribution in [3.05, 3.63) is 29.3 Å². The number of carbonyl (C=O) groups is 1.